The lowest BCUT2D eigenvalue weighted by Crippen LogP contribution is -2.42. The molecule has 1 aromatic carbocycles. The SMILES string of the molecule is CS(=O)(=O)N1CCCC1CNC(=O)c1ccccc1. The lowest BCUT2D eigenvalue weighted by molar-refractivity contribution is 0.0946. The standard InChI is InChI=1S/C13H18N2O3S/c1-19(17,18)15-9-5-8-12(15)10-14-13(16)11-6-3-2-4-7-11/h2-4,6-7,12H,5,8-10H2,1H3,(H,14,16). The molecule has 1 unspecified atom stereocenters. The summed E-state index contributed by atoms with van der Waals surface area (Å²) in [6.07, 6.45) is 2.85. The van der Waals surface area contributed by atoms with E-state index in [1.54, 1.807) is 24.3 Å². The van der Waals surface area contributed by atoms with Gasteiger partial charge in [0.2, 0.25) is 10.0 Å². The summed E-state index contributed by atoms with van der Waals surface area (Å²) in [4.78, 5) is 11.9. The van der Waals surface area contributed by atoms with Crippen LogP contribution in [0.25, 0.3) is 0 Å². The largest absolute Gasteiger partial charge is 0.350 e. The van der Waals surface area contributed by atoms with E-state index in [0.29, 0.717) is 18.7 Å². The minimum absolute atomic E-state index is 0.123. The molecule has 2 rings (SSSR count). The maximum Gasteiger partial charge on any atom is 0.251 e. The van der Waals surface area contributed by atoms with Crippen molar-refractivity contribution in [3.63, 3.8) is 0 Å². The van der Waals surface area contributed by atoms with Gasteiger partial charge in [0.25, 0.3) is 5.91 Å². The minimum Gasteiger partial charge on any atom is -0.350 e. The van der Waals surface area contributed by atoms with Crippen LogP contribution in [0.4, 0.5) is 0 Å². The zero-order valence-corrected chi connectivity index (χ0v) is 11.7. The number of hydrogen-bond donors (Lipinski definition) is 1. The Morgan fingerprint density at radius 3 is 2.68 bits per heavy atom. The molecule has 1 fully saturated rings. The van der Waals surface area contributed by atoms with Crippen LogP contribution in [-0.2, 0) is 10.0 Å². The van der Waals surface area contributed by atoms with E-state index in [1.165, 1.54) is 10.6 Å². The predicted molar refractivity (Wildman–Crippen MR) is 73.3 cm³/mol. The molecule has 1 N–H and O–H groups in total. The molecule has 0 aromatic heterocycles. The first-order valence-electron chi connectivity index (χ1n) is 6.28. The monoisotopic (exact) mass is 282 g/mol. The fraction of sp³-hybridized carbons (Fsp3) is 0.462. The van der Waals surface area contributed by atoms with E-state index in [4.69, 9.17) is 0 Å². The lowest BCUT2D eigenvalue weighted by Gasteiger charge is -2.22. The normalized spacial score (nSPS) is 20.4. The first kappa shape index (κ1) is 14.0. The van der Waals surface area contributed by atoms with Crippen LogP contribution in [0.1, 0.15) is 23.2 Å². The quantitative estimate of drug-likeness (QED) is 0.890. The van der Waals surface area contributed by atoms with Crippen LogP contribution in [0.2, 0.25) is 0 Å². The summed E-state index contributed by atoms with van der Waals surface area (Å²) in [5.41, 5.74) is 0.589. The van der Waals surface area contributed by atoms with Gasteiger partial charge in [0, 0.05) is 24.7 Å². The molecule has 1 atom stereocenters. The molecule has 6 heteroatoms. The highest BCUT2D eigenvalue weighted by Crippen LogP contribution is 2.19. The van der Waals surface area contributed by atoms with E-state index in [0.717, 1.165) is 12.8 Å². The highest BCUT2D eigenvalue weighted by Gasteiger charge is 2.31. The third-order valence-electron chi connectivity index (χ3n) is 3.28. The van der Waals surface area contributed by atoms with E-state index in [1.807, 2.05) is 6.07 Å². The van der Waals surface area contributed by atoms with Crippen molar-refractivity contribution >= 4 is 15.9 Å². The van der Waals surface area contributed by atoms with Crippen LogP contribution in [0.5, 0.6) is 0 Å². The van der Waals surface area contributed by atoms with Gasteiger partial charge in [0.15, 0.2) is 0 Å². The Morgan fingerprint density at radius 2 is 2.05 bits per heavy atom. The second-order valence-corrected chi connectivity index (χ2v) is 6.68. The van der Waals surface area contributed by atoms with Gasteiger partial charge in [-0.05, 0) is 25.0 Å². The van der Waals surface area contributed by atoms with Crippen molar-refractivity contribution in [1.82, 2.24) is 9.62 Å². The van der Waals surface area contributed by atoms with Crippen LogP contribution in [-0.4, -0.2) is 44.0 Å². The van der Waals surface area contributed by atoms with Crippen molar-refractivity contribution in [1.29, 1.82) is 0 Å². The summed E-state index contributed by atoms with van der Waals surface area (Å²) < 4.78 is 24.6. The van der Waals surface area contributed by atoms with Crippen LogP contribution in [0.15, 0.2) is 30.3 Å². The number of sulfonamides is 1. The Hall–Kier alpha value is -1.40. The summed E-state index contributed by atoms with van der Waals surface area (Å²) in [6, 6.07) is 8.79. The van der Waals surface area contributed by atoms with Crippen molar-refractivity contribution in [3.05, 3.63) is 35.9 Å². The predicted octanol–water partition coefficient (Wildman–Crippen LogP) is 0.840. The number of carbonyl (C=O) groups is 1. The van der Waals surface area contributed by atoms with Crippen LogP contribution in [0.3, 0.4) is 0 Å². The maximum absolute atomic E-state index is 11.9. The van der Waals surface area contributed by atoms with Crippen molar-refractivity contribution in [2.45, 2.75) is 18.9 Å². The van der Waals surface area contributed by atoms with Crippen molar-refractivity contribution in [3.8, 4) is 0 Å². The van der Waals surface area contributed by atoms with Crippen molar-refractivity contribution in [2.24, 2.45) is 0 Å². The molecule has 19 heavy (non-hydrogen) atoms. The molecule has 1 aliphatic rings. The van der Waals surface area contributed by atoms with Gasteiger partial charge in [-0.2, -0.15) is 4.31 Å². The highest BCUT2D eigenvalue weighted by atomic mass is 32.2. The molecule has 0 aliphatic carbocycles. The van der Waals surface area contributed by atoms with Gasteiger partial charge in [-0.3, -0.25) is 4.79 Å². The Labute approximate surface area is 113 Å². The van der Waals surface area contributed by atoms with Gasteiger partial charge < -0.3 is 5.32 Å². The van der Waals surface area contributed by atoms with E-state index >= 15 is 0 Å². The topological polar surface area (TPSA) is 66.5 Å². The Morgan fingerprint density at radius 1 is 1.37 bits per heavy atom. The summed E-state index contributed by atoms with van der Waals surface area (Å²) in [5.74, 6) is -0.166. The molecule has 5 nitrogen and oxygen atoms in total. The number of amides is 1. The zero-order chi connectivity index (χ0) is 13.9. The number of nitrogens with one attached hydrogen (secondary N) is 1. The first-order chi connectivity index (χ1) is 8.98. The molecule has 0 bridgehead atoms. The molecule has 1 heterocycles. The molecular formula is C13H18N2O3S. The number of rotatable bonds is 4. The fourth-order valence-corrected chi connectivity index (χ4v) is 3.53. The molecule has 1 aromatic rings. The van der Waals surface area contributed by atoms with Crippen LogP contribution >= 0.6 is 0 Å². The van der Waals surface area contributed by atoms with Gasteiger partial charge in [0.05, 0.1) is 6.26 Å². The zero-order valence-electron chi connectivity index (χ0n) is 10.9. The summed E-state index contributed by atoms with van der Waals surface area (Å²) in [7, 11) is -3.18. The average Bonchev–Trinajstić information content (AvgIpc) is 2.85. The fourth-order valence-electron chi connectivity index (χ4n) is 2.35. The van der Waals surface area contributed by atoms with E-state index in [2.05, 4.69) is 5.32 Å². The summed E-state index contributed by atoms with van der Waals surface area (Å²) in [5, 5.41) is 2.80. The molecule has 1 amide bonds. The van der Waals surface area contributed by atoms with E-state index < -0.39 is 10.0 Å². The van der Waals surface area contributed by atoms with Crippen molar-refractivity contribution in [2.75, 3.05) is 19.3 Å². The van der Waals surface area contributed by atoms with Gasteiger partial charge >= 0.3 is 0 Å². The molecule has 0 saturated carbocycles. The van der Waals surface area contributed by atoms with Gasteiger partial charge in [-0.15, -0.1) is 0 Å². The molecule has 1 aliphatic heterocycles. The van der Waals surface area contributed by atoms with Crippen LogP contribution < -0.4 is 5.32 Å². The summed E-state index contributed by atoms with van der Waals surface area (Å²) in [6.45, 7) is 0.908. The maximum atomic E-state index is 11.9. The molecule has 0 spiro atoms. The Kier molecular flexibility index (Phi) is 4.21. The molecule has 0 radical (unpaired) electrons. The lowest BCUT2D eigenvalue weighted by atomic mass is 10.2. The second-order valence-electron chi connectivity index (χ2n) is 4.75. The molecule has 104 valence electrons. The number of hydrogen-bond acceptors (Lipinski definition) is 3. The van der Waals surface area contributed by atoms with Crippen molar-refractivity contribution < 1.29 is 13.2 Å². The number of carbonyl (C=O) groups excluding carboxylic acids is 1. The highest BCUT2D eigenvalue weighted by molar-refractivity contribution is 7.88. The van der Waals surface area contributed by atoms with Crippen LogP contribution in [0, 0.1) is 0 Å². The average molecular weight is 282 g/mol. The number of benzene rings is 1. The Balaban J connectivity index is 1.94. The number of nitrogens with zero attached hydrogens (tertiary/aromatic N) is 1. The van der Waals surface area contributed by atoms with Gasteiger partial charge in [0.1, 0.15) is 0 Å². The Bertz CT molecular complexity index is 542. The molecular weight excluding hydrogens is 264 g/mol. The summed E-state index contributed by atoms with van der Waals surface area (Å²) >= 11 is 0. The van der Waals surface area contributed by atoms with Gasteiger partial charge in [-0.25, -0.2) is 8.42 Å². The minimum atomic E-state index is -3.18. The smallest absolute Gasteiger partial charge is 0.251 e. The third-order valence-corrected chi connectivity index (χ3v) is 4.62. The first-order valence-corrected chi connectivity index (χ1v) is 8.13. The van der Waals surface area contributed by atoms with E-state index in [9.17, 15) is 13.2 Å². The molecule has 1 saturated heterocycles. The van der Waals surface area contributed by atoms with Gasteiger partial charge in [-0.1, -0.05) is 18.2 Å². The second kappa shape index (κ2) is 5.71. The van der Waals surface area contributed by atoms with E-state index in [-0.39, 0.29) is 11.9 Å². The third kappa shape index (κ3) is 3.54.